The van der Waals surface area contributed by atoms with Gasteiger partial charge in [-0.2, -0.15) is 0 Å². The molecule has 2 rings (SSSR count). The molecular formula is C10H12N2. The van der Waals surface area contributed by atoms with Crippen LogP contribution in [0, 0.1) is 0 Å². The van der Waals surface area contributed by atoms with Gasteiger partial charge in [-0.25, -0.2) is 0 Å². The molecule has 2 heterocycles. The second kappa shape index (κ2) is 3.05. The predicted octanol–water partition coefficient (Wildman–Crippen LogP) is 2.05. The van der Waals surface area contributed by atoms with Crippen LogP contribution in [0.4, 0.5) is 0 Å². The van der Waals surface area contributed by atoms with Crippen LogP contribution in [0.25, 0.3) is 0 Å². The van der Waals surface area contributed by atoms with Crippen LogP contribution in [0.3, 0.4) is 0 Å². The summed E-state index contributed by atoms with van der Waals surface area (Å²) in [6.45, 7) is 2.15. The molecule has 2 heteroatoms. The number of aliphatic imine (C=N–C) groups is 1. The van der Waals surface area contributed by atoms with E-state index in [1.54, 1.807) is 0 Å². The van der Waals surface area contributed by atoms with E-state index in [1.165, 1.54) is 12.1 Å². The summed E-state index contributed by atoms with van der Waals surface area (Å²) in [7, 11) is 0. The molecule has 0 spiro atoms. The standard InChI is InChI=1S/C10H12N2/c1-8-5-6-10(12-8)9-4-2-3-7-11-9/h2-4,7-8H,5-6H2,1H3/t8-/m1/s1. The Morgan fingerprint density at radius 3 is 2.92 bits per heavy atom. The van der Waals surface area contributed by atoms with Gasteiger partial charge in [-0.1, -0.05) is 6.07 Å². The molecule has 0 aromatic carbocycles. The maximum atomic E-state index is 4.51. The van der Waals surface area contributed by atoms with E-state index < -0.39 is 0 Å². The van der Waals surface area contributed by atoms with Crippen molar-refractivity contribution in [2.24, 2.45) is 4.99 Å². The first-order valence-corrected chi connectivity index (χ1v) is 4.34. The lowest BCUT2D eigenvalue weighted by molar-refractivity contribution is 0.739. The topological polar surface area (TPSA) is 25.2 Å². The Morgan fingerprint density at radius 2 is 2.33 bits per heavy atom. The van der Waals surface area contributed by atoms with Crippen molar-refractivity contribution in [3.8, 4) is 0 Å². The highest BCUT2D eigenvalue weighted by Gasteiger charge is 2.14. The molecule has 1 aromatic rings. The number of rotatable bonds is 1. The van der Waals surface area contributed by atoms with Crippen molar-refractivity contribution >= 4 is 5.71 Å². The van der Waals surface area contributed by atoms with Crippen LogP contribution in [-0.4, -0.2) is 16.7 Å². The second-order valence-electron chi connectivity index (χ2n) is 3.18. The van der Waals surface area contributed by atoms with Gasteiger partial charge in [0, 0.05) is 12.2 Å². The minimum atomic E-state index is 0.488. The van der Waals surface area contributed by atoms with Crippen molar-refractivity contribution in [1.82, 2.24) is 4.98 Å². The number of nitrogens with zero attached hydrogens (tertiary/aromatic N) is 2. The molecule has 0 saturated heterocycles. The van der Waals surface area contributed by atoms with Gasteiger partial charge in [0.2, 0.25) is 0 Å². The maximum absolute atomic E-state index is 4.51. The summed E-state index contributed by atoms with van der Waals surface area (Å²) in [5, 5.41) is 0. The molecule has 2 nitrogen and oxygen atoms in total. The average molecular weight is 160 g/mol. The third kappa shape index (κ3) is 1.37. The monoisotopic (exact) mass is 160 g/mol. The highest BCUT2D eigenvalue weighted by Crippen LogP contribution is 2.16. The lowest BCUT2D eigenvalue weighted by Gasteiger charge is -1.96. The lowest BCUT2D eigenvalue weighted by atomic mass is 10.1. The van der Waals surface area contributed by atoms with E-state index in [4.69, 9.17) is 0 Å². The second-order valence-corrected chi connectivity index (χ2v) is 3.18. The van der Waals surface area contributed by atoms with Crippen LogP contribution in [0.15, 0.2) is 29.4 Å². The fourth-order valence-electron chi connectivity index (χ4n) is 1.47. The van der Waals surface area contributed by atoms with Crippen LogP contribution in [0.5, 0.6) is 0 Å². The third-order valence-corrected chi connectivity index (χ3v) is 2.14. The summed E-state index contributed by atoms with van der Waals surface area (Å²) < 4.78 is 0. The van der Waals surface area contributed by atoms with Gasteiger partial charge in [0.05, 0.1) is 11.4 Å². The van der Waals surface area contributed by atoms with Gasteiger partial charge >= 0.3 is 0 Å². The van der Waals surface area contributed by atoms with Gasteiger partial charge < -0.3 is 0 Å². The Kier molecular flexibility index (Phi) is 1.90. The Bertz CT molecular complexity index is 290. The predicted molar refractivity (Wildman–Crippen MR) is 49.5 cm³/mol. The van der Waals surface area contributed by atoms with Gasteiger partial charge in [0.1, 0.15) is 0 Å². The first kappa shape index (κ1) is 7.47. The summed E-state index contributed by atoms with van der Waals surface area (Å²) in [6.07, 6.45) is 4.07. The van der Waals surface area contributed by atoms with Crippen molar-refractivity contribution in [2.45, 2.75) is 25.8 Å². The lowest BCUT2D eigenvalue weighted by Crippen LogP contribution is -1.98. The number of hydrogen-bond donors (Lipinski definition) is 0. The molecule has 0 amide bonds. The van der Waals surface area contributed by atoms with E-state index >= 15 is 0 Å². The summed E-state index contributed by atoms with van der Waals surface area (Å²) in [4.78, 5) is 8.78. The third-order valence-electron chi connectivity index (χ3n) is 2.14. The minimum absolute atomic E-state index is 0.488. The zero-order chi connectivity index (χ0) is 8.39. The maximum Gasteiger partial charge on any atom is 0.0840 e. The van der Waals surface area contributed by atoms with Gasteiger partial charge in [-0.15, -0.1) is 0 Å². The van der Waals surface area contributed by atoms with E-state index in [1.807, 2.05) is 24.4 Å². The molecule has 1 aliphatic rings. The molecule has 0 fully saturated rings. The number of hydrogen-bond acceptors (Lipinski definition) is 2. The molecule has 1 aromatic heterocycles. The van der Waals surface area contributed by atoms with Crippen LogP contribution in [0.2, 0.25) is 0 Å². The number of aromatic nitrogens is 1. The minimum Gasteiger partial charge on any atom is -0.284 e. The summed E-state index contributed by atoms with van der Waals surface area (Å²) in [6, 6.07) is 6.45. The zero-order valence-electron chi connectivity index (χ0n) is 7.20. The molecule has 62 valence electrons. The quantitative estimate of drug-likeness (QED) is 0.617. The smallest absolute Gasteiger partial charge is 0.0840 e. The highest BCUT2D eigenvalue weighted by molar-refractivity contribution is 6.00. The largest absolute Gasteiger partial charge is 0.284 e. The molecule has 0 saturated carbocycles. The Labute approximate surface area is 72.4 Å². The van der Waals surface area contributed by atoms with Gasteiger partial charge in [0.15, 0.2) is 0 Å². The molecule has 0 radical (unpaired) electrons. The van der Waals surface area contributed by atoms with Crippen molar-refractivity contribution in [2.75, 3.05) is 0 Å². The molecular weight excluding hydrogens is 148 g/mol. The fourth-order valence-corrected chi connectivity index (χ4v) is 1.47. The van der Waals surface area contributed by atoms with E-state index in [2.05, 4.69) is 16.9 Å². The Hall–Kier alpha value is -1.18. The molecule has 0 bridgehead atoms. The first-order chi connectivity index (χ1) is 5.86. The van der Waals surface area contributed by atoms with Crippen molar-refractivity contribution in [3.63, 3.8) is 0 Å². The molecule has 12 heavy (non-hydrogen) atoms. The van der Waals surface area contributed by atoms with Gasteiger partial charge in [-0.05, 0) is 31.9 Å². The normalized spacial score (nSPS) is 22.4. The summed E-state index contributed by atoms with van der Waals surface area (Å²) in [5.74, 6) is 0. The Balaban J connectivity index is 2.27. The van der Waals surface area contributed by atoms with E-state index in [0.29, 0.717) is 6.04 Å². The Morgan fingerprint density at radius 1 is 1.42 bits per heavy atom. The van der Waals surface area contributed by atoms with E-state index in [-0.39, 0.29) is 0 Å². The van der Waals surface area contributed by atoms with Crippen molar-refractivity contribution in [3.05, 3.63) is 30.1 Å². The van der Waals surface area contributed by atoms with Crippen molar-refractivity contribution in [1.29, 1.82) is 0 Å². The molecule has 1 aliphatic heterocycles. The first-order valence-electron chi connectivity index (χ1n) is 4.34. The molecule has 0 aliphatic carbocycles. The molecule has 1 atom stereocenters. The van der Waals surface area contributed by atoms with E-state index in [0.717, 1.165) is 12.1 Å². The SMILES string of the molecule is C[C@@H]1CCC(c2ccccn2)=N1. The number of pyridine rings is 1. The van der Waals surface area contributed by atoms with Gasteiger partial charge in [-0.3, -0.25) is 9.98 Å². The summed E-state index contributed by atoms with van der Waals surface area (Å²) in [5.41, 5.74) is 2.21. The van der Waals surface area contributed by atoms with Crippen molar-refractivity contribution < 1.29 is 0 Å². The van der Waals surface area contributed by atoms with Crippen LogP contribution in [-0.2, 0) is 0 Å². The van der Waals surface area contributed by atoms with E-state index in [9.17, 15) is 0 Å². The highest BCUT2D eigenvalue weighted by atomic mass is 14.8. The van der Waals surface area contributed by atoms with Crippen LogP contribution < -0.4 is 0 Å². The fraction of sp³-hybridized carbons (Fsp3) is 0.400. The zero-order valence-corrected chi connectivity index (χ0v) is 7.20. The molecule has 0 unspecified atom stereocenters. The van der Waals surface area contributed by atoms with Gasteiger partial charge in [0.25, 0.3) is 0 Å². The summed E-state index contributed by atoms with van der Waals surface area (Å²) >= 11 is 0. The molecule has 0 N–H and O–H groups in total. The average Bonchev–Trinajstić information content (AvgIpc) is 2.54. The van der Waals surface area contributed by atoms with Crippen LogP contribution >= 0.6 is 0 Å². The van der Waals surface area contributed by atoms with Crippen LogP contribution in [0.1, 0.15) is 25.5 Å².